The number of nitrogens with zero attached hydrogens (tertiary/aromatic N) is 3. The van der Waals surface area contributed by atoms with Crippen LogP contribution in [0, 0.1) is 0 Å². The van der Waals surface area contributed by atoms with Gasteiger partial charge in [-0.25, -0.2) is 0 Å². The Morgan fingerprint density at radius 2 is 1.76 bits per heavy atom. The number of para-hydroxylation sites is 1. The molecule has 1 saturated carbocycles. The zero-order chi connectivity index (χ0) is 20.4. The lowest BCUT2D eigenvalue weighted by atomic mass is 9.86. The number of oxime groups is 1. The monoisotopic (exact) mass is 395 g/mol. The van der Waals surface area contributed by atoms with Crippen LogP contribution in [0.4, 0.5) is 0 Å². The fraction of sp³-hybridized carbons (Fsp3) is 0.542. The summed E-state index contributed by atoms with van der Waals surface area (Å²) < 4.78 is 2.30. The van der Waals surface area contributed by atoms with E-state index < -0.39 is 0 Å². The van der Waals surface area contributed by atoms with Gasteiger partial charge in [0.25, 0.3) is 0 Å². The number of rotatable bonds is 4. The first kappa shape index (κ1) is 20.2. The predicted octanol–water partition coefficient (Wildman–Crippen LogP) is 4.86. The molecule has 1 aliphatic heterocycles. The lowest BCUT2D eigenvalue weighted by Gasteiger charge is -2.40. The van der Waals surface area contributed by atoms with Gasteiger partial charge in [0.1, 0.15) is 0 Å². The molecule has 2 N–H and O–H groups in total. The highest BCUT2D eigenvalue weighted by molar-refractivity contribution is 6.01. The predicted molar refractivity (Wildman–Crippen MR) is 118 cm³/mol. The van der Waals surface area contributed by atoms with Crippen molar-refractivity contribution in [3.8, 4) is 0 Å². The first-order valence-electron chi connectivity index (χ1n) is 10.9. The van der Waals surface area contributed by atoms with E-state index in [1.54, 1.807) is 5.57 Å². The first-order chi connectivity index (χ1) is 14.1. The minimum absolute atomic E-state index is 0.0512. The summed E-state index contributed by atoms with van der Waals surface area (Å²) in [6.45, 7) is 6.67. The lowest BCUT2D eigenvalue weighted by molar-refractivity contribution is 0.115. The molecule has 2 fully saturated rings. The van der Waals surface area contributed by atoms with Crippen molar-refractivity contribution in [3.63, 3.8) is 0 Å². The number of hydrogen-bond donors (Lipinski definition) is 2. The second-order valence-electron chi connectivity index (χ2n) is 8.75. The summed E-state index contributed by atoms with van der Waals surface area (Å²) in [6, 6.07) is 9.27. The molecule has 2 aliphatic rings. The molecule has 5 heteroatoms. The topological polar surface area (TPSA) is 61.0 Å². The zero-order valence-corrected chi connectivity index (χ0v) is 17.6. The average molecular weight is 396 g/mol. The maximum atomic E-state index is 10.1. The summed E-state index contributed by atoms with van der Waals surface area (Å²) in [5.74, 6) is 0. The molecule has 1 aliphatic carbocycles. The Bertz CT molecular complexity index is 906. The summed E-state index contributed by atoms with van der Waals surface area (Å²) in [7, 11) is 0. The lowest BCUT2D eigenvalue weighted by Crippen LogP contribution is -2.43. The minimum Gasteiger partial charge on any atom is -0.411 e. The number of aliphatic hydroxyl groups is 1. The van der Waals surface area contributed by atoms with E-state index >= 15 is 0 Å². The van der Waals surface area contributed by atoms with Crippen LogP contribution in [-0.2, 0) is 6.61 Å². The van der Waals surface area contributed by atoms with E-state index in [1.807, 2.05) is 18.2 Å². The number of aromatic nitrogens is 1. The van der Waals surface area contributed by atoms with Crippen molar-refractivity contribution in [1.82, 2.24) is 9.47 Å². The van der Waals surface area contributed by atoms with Crippen molar-refractivity contribution >= 4 is 17.1 Å². The van der Waals surface area contributed by atoms with E-state index in [9.17, 15) is 5.11 Å². The van der Waals surface area contributed by atoms with Crippen LogP contribution in [0.2, 0.25) is 0 Å². The molecule has 5 nitrogen and oxygen atoms in total. The number of benzene rings is 1. The molecule has 29 heavy (non-hydrogen) atoms. The van der Waals surface area contributed by atoms with Gasteiger partial charge in [0, 0.05) is 41.6 Å². The third-order valence-corrected chi connectivity index (χ3v) is 7.04. The quantitative estimate of drug-likeness (QED) is 0.336. The molecule has 0 spiro atoms. The SMILES string of the molecule is CC(C)=C1CCC(N2CCC(n3c(CO)c(/C=N\O)c4ccccc43)CC2)CC1. The van der Waals surface area contributed by atoms with Crippen LogP contribution < -0.4 is 0 Å². The van der Waals surface area contributed by atoms with Crippen LogP contribution in [0.25, 0.3) is 10.9 Å². The summed E-state index contributed by atoms with van der Waals surface area (Å²) in [5, 5.41) is 23.5. The van der Waals surface area contributed by atoms with Crippen LogP contribution in [0.1, 0.15) is 69.7 Å². The smallest absolute Gasteiger partial charge is 0.0840 e. The summed E-state index contributed by atoms with van der Waals surface area (Å²) >= 11 is 0. The van der Waals surface area contributed by atoms with Crippen LogP contribution in [0.5, 0.6) is 0 Å². The highest BCUT2D eigenvalue weighted by Gasteiger charge is 2.30. The number of hydrogen-bond acceptors (Lipinski definition) is 4. The van der Waals surface area contributed by atoms with E-state index in [0.717, 1.165) is 54.1 Å². The van der Waals surface area contributed by atoms with E-state index in [2.05, 4.69) is 34.5 Å². The van der Waals surface area contributed by atoms with Crippen LogP contribution in [-0.4, -0.2) is 45.1 Å². The highest BCUT2D eigenvalue weighted by Crippen LogP contribution is 2.36. The molecular weight excluding hydrogens is 362 g/mol. The van der Waals surface area contributed by atoms with E-state index in [1.165, 1.54) is 37.5 Å². The number of piperidine rings is 1. The van der Waals surface area contributed by atoms with Gasteiger partial charge in [0.15, 0.2) is 0 Å². The van der Waals surface area contributed by atoms with Gasteiger partial charge in [-0.3, -0.25) is 0 Å². The van der Waals surface area contributed by atoms with Crippen molar-refractivity contribution in [2.75, 3.05) is 13.1 Å². The zero-order valence-electron chi connectivity index (χ0n) is 17.6. The maximum absolute atomic E-state index is 10.1. The number of likely N-dealkylation sites (tertiary alicyclic amines) is 1. The van der Waals surface area contributed by atoms with Gasteiger partial charge in [-0.15, -0.1) is 0 Å². The fourth-order valence-corrected chi connectivity index (χ4v) is 5.45. The molecular formula is C24H33N3O2. The molecule has 156 valence electrons. The largest absolute Gasteiger partial charge is 0.411 e. The van der Waals surface area contributed by atoms with E-state index in [4.69, 9.17) is 5.21 Å². The van der Waals surface area contributed by atoms with Crippen molar-refractivity contribution in [2.45, 2.75) is 71.1 Å². The second kappa shape index (κ2) is 8.72. The van der Waals surface area contributed by atoms with Crippen LogP contribution >= 0.6 is 0 Å². The molecule has 4 rings (SSSR count). The van der Waals surface area contributed by atoms with Gasteiger partial charge in [-0.2, -0.15) is 0 Å². The molecule has 2 heterocycles. The molecule has 1 saturated heterocycles. The minimum atomic E-state index is -0.0512. The molecule has 0 amide bonds. The Labute approximate surface area is 173 Å². The molecule has 2 aromatic rings. The highest BCUT2D eigenvalue weighted by atomic mass is 16.4. The van der Waals surface area contributed by atoms with Crippen molar-refractivity contribution < 1.29 is 10.3 Å². The standard InChI is InChI=1S/C24H33N3O2/c1-17(2)18-7-9-19(10-8-18)26-13-11-20(12-14-26)27-23-6-4-3-5-21(23)22(15-25-29)24(27)16-28/h3-6,15,19-20,28-29H,7-14,16H2,1-2H3/b25-15-. The Balaban J connectivity index is 1.52. The molecule has 1 aromatic heterocycles. The van der Waals surface area contributed by atoms with Gasteiger partial charge < -0.3 is 19.8 Å². The summed E-state index contributed by atoms with van der Waals surface area (Å²) in [6.07, 6.45) is 8.73. The number of aliphatic hydroxyl groups excluding tert-OH is 1. The molecule has 0 bridgehead atoms. The van der Waals surface area contributed by atoms with Crippen molar-refractivity contribution in [2.24, 2.45) is 5.16 Å². The normalized spacial score (nSPS) is 22.0. The number of allylic oxidation sites excluding steroid dienone is 2. The Hall–Kier alpha value is -2.11. The van der Waals surface area contributed by atoms with Crippen molar-refractivity contribution in [3.05, 3.63) is 46.7 Å². The Morgan fingerprint density at radius 3 is 2.38 bits per heavy atom. The maximum Gasteiger partial charge on any atom is 0.0840 e. The van der Waals surface area contributed by atoms with Gasteiger partial charge in [-0.05, 0) is 58.4 Å². The average Bonchev–Trinajstić information content (AvgIpc) is 3.08. The third kappa shape index (κ3) is 3.86. The van der Waals surface area contributed by atoms with Gasteiger partial charge in [-0.1, -0.05) is 34.5 Å². The molecule has 0 radical (unpaired) electrons. The van der Waals surface area contributed by atoms with Gasteiger partial charge in [0.05, 0.1) is 18.5 Å². The molecule has 0 atom stereocenters. The van der Waals surface area contributed by atoms with E-state index in [0.29, 0.717) is 6.04 Å². The fourth-order valence-electron chi connectivity index (χ4n) is 5.45. The summed E-state index contributed by atoms with van der Waals surface area (Å²) in [4.78, 5) is 2.69. The molecule has 1 aromatic carbocycles. The first-order valence-corrected chi connectivity index (χ1v) is 10.9. The van der Waals surface area contributed by atoms with Crippen LogP contribution in [0.15, 0.2) is 40.6 Å². The Morgan fingerprint density at radius 1 is 1.07 bits per heavy atom. The molecule has 0 unspecified atom stereocenters. The number of fused-ring (bicyclic) bond motifs is 1. The van der Waals surface area contributed by atoms with Gasteiger partial charge in [0.2, 0.25) is 0 Å². The van der Waals surface area contributed by atoms with Crippen molar-refractivity contribution in [1.29, 1.82) is 0 Å². The summed E-state index contributed by atoms with van der Waals surface area (Å²) in [5.41, 5.74) is 5.99. The Kier molecular flexibility index (Phi) is 6.07. The van der Waals surface area contributed by atoms with Gasteiger partial charge >= 0.3 is 0 Å². The third-order valence-electron chi connectivity index (χ3n) is 7.04. The second-order valence-corrected chi connectivity index (χ2v) is 8.75. The van der Waals surface area contributed by atoms with Crippen LogP contribution in [0.3, 0.4) is 0 Å². The van der Waals surface area contributed by atoms with E-state index in [-0.39, 0.29) is 6.61 Å².